The largest absolute Gasteiger partial charge is 0.349 e. The van der Waals surface area contributed by atoms with Crippen molar-refractivity contribution in [1.29, 1.82) is 0 Å². The van der Waals surface area contributed by atoms with E-state index in [0.29, 0.717) is 6.54 Å². The molecule has 0 radical (unpaired) electrons. The summed E-state index contributed by atoms with van der Waals surface area (Å²) in [5, 5.41) is 3.30. The first-order valence-electron chi connectivity index (χ1n) is 9.19. The van der Waals surface area contributed by atoms with Crippen LogP contribution in [0.4, 0.5) is 0 Å². The van der Waals surface area contributed by atoms with Gasteiger partial charge in [0.1, 0.15) is 5.82 Å². The third kappa shape index (κ3) is 3.69. The standard InChI is InChI=1S/C22H23N3O/c26-22(19-11-12-21-23-13-14-25(21)16-19)24-20(18-9-5-2-6-10-18)15-17-7-3-1-4-8-17/h1-10,13-14,19-20H,11-12,15-16H2,(H,24,26). The number of imidazole rings is 1. The van der Waals surface area contributed by atoms with Crippen molar-refractivity contribution in [2.24, 2.45) is 5.92 Å². The van der Waals surface area contributed by atoms with Crippen molar-refractivity contribution in [3.8, 4) is 0 Å². The summed E-state index contributed by atoms with van der Waals surface area (Å²) in [7, 11) is 0. The molecule has 1 aliphatic rings. The molecular formula is C22H23N3O. The number of nitrogens with one attached hydrogen (secondary N) is 1. The van der Waals surface area contributed by atoms with Crippen LogP contribution in [0, 0.1) is 5.92 Å². The number of carbonyl (C=O) groups excluding carboxylic acids is 1. The van der Waals surface area contributed by atoms with Crippen molar-refractivity contribution in [2.75, 3.05) is 0 Å². The van der Waals surface area contributed by atoms with Gasteiger partial charge in [0.15, 0.2) is 0 Å². The second kappa shape index (κ2) is 7.56. The topological polar surface area (TPSA) is 46.9 Å². The summed E-state index contributed by atoms with van der Waals surface area (Å²) in [5.74, 6) is 1.21. The van der Waals surface area contributed by atoms with E-state index in [4.69, 9.17) is 0 Å². The molecule has 4 heteroatoms. The molecule has 1 amide bonds. The maximum atomic E-state index is 13.0. The zero-order valence-electron chi connectivity index (χ0n) is 14.7. The first kappa shape index (κ1) is 16.6. The Kier molecular flexibility index (Phi) is 4.82. The summed E-state index contributed by atoms with van der Waals surface area (Å²) in [6.07, 6.45) is 6.29. The molecule has 2 aromatic carbocycles. The van der Waals surface area contributed by atoms with E-state index in [0.717, 1.165) is 30.7 Å². The van der Waals surface area contributed by atoms with Crippen LogP contribution >= 0.6 is 0 Å². The molecule has 1 aliphatic heterocycles. The number of amides is 1. The molecule has 1 N–H and O–H groups in total. The Morgan fingerprint density at radius 3 is 2.62 bits per heavy atom. The van der Waals surface area contributed by atoms with E-state index in [9.17, 15) is 4.79 Å². The van der Waals surface area contributed by atoms with Crippen LogP contribution in [-0.2, 0) is 24.2 Å². The zero-order valence-corrected chi connectivity index (χ0v) is 14.7. The monoisotopic (exact) mass is 345 g/mol. The predicted octanol–water partition coefficient (Wildman–Crippen LogP) is 3.55. The van der Waals surface area contributed by atoms with Crippen LogP contribution < -0.4 is 5.32 Å². The maximum absolute atomic E-state index is 13.0. The van der Waals surface area contributed by atoms with Gasteiger partial charge < -0.3 is 9.88 Å². The Balaban J connectivity index is 1.50. The summed E-state index contributed by atoms with van der Waals surface area (Å²) in [5.41, 5.74) is 2.37. The van der Waals surface area contributed by atoms with Crippen LogP contribution in [0.25, 0.3) is 0 Å². The van der Waals surface area contributed by atoms with Gasteiger partial charge in [0.05, 0.1) is 12.0 Å². The van der Waals surface area contributed by atoms with Gasteiger partial charge in [0, 0.05) is 25.4 Å². The first-order chi connectivity index (χ1) is 12.8. The van der Waals surface area contributed by atoms with E-state index < -0.39 is 0 Å². The lowest BCUT2D eigenvalue weighted by atomic mass is 9.95. The Morgan fingerprint density at radius 1 is 1.12 bits per heavy atom. The molecule has 0 saturated carbocycles. The van der Waals surface area contributed by atoms with Crippen LogP contribution in [0.5, 0.6) is 0 Å². The fourth-order valence-corrected chi connectivity index (χ4v) is 3.66. The third-order valence-electron chi connectivity index (χ3n) is 5.11. The predicted molar refractivity (Wildman–Crippen MR) is 102 cm³/mol. The van der Waals surface area contributed by atoms with Crippen LogP contribution in [0.2, 0.25) is 0 Å². The molecule has 0 fully saturated rings. The lowest BCUT2D eigenvalue weighted by Crippen LogP contribution is -2.38. The van der Waals surface area contributed by atoms with Gasteiger partial charge in [0.25, 0.3) is 0 Å². The molecule has 0 spiro atoms. The van der Waals surface area contributed by atoms with Gasteiger partial charge in [-0.25, -0.2) is 4.98 Å². The average Bonchev–Trinajstić information content (AvgIpc) is 3.17. The lowest BCUT2D eigenvalue weighted by molar-refractivity contribution is -0.126. The number of hydrogen-bond acceptors (Lipinski definition) is 2. The number of carbonyl (C=O) groups is 1. The normalized spacial score (nSPS) is 17.3. The maximum Gasteiger partial charge on any atom is 0.225 e. The van der Waals surface area contributed by atoms with Crippen LogP contribution in [-0.4, -0.2) is 15.5 Å². The number of hydrogen-bond donors (Lipinski definition) is 1. The van der Waals surface area contributed by atoms with Gasteiger partial charge >= 0.3 is 0 Å². The molecule has 0 saturated heterocycles. The van der Waals surface area contributed by atoms with Crippen molar-refractivity contribution in [3.05, 3.63) is 90.0 Å². The molecule has 3 aromatic rings. The molecule has 0 bridgehead atoms. The van der Waals surface area contributed by atoms with Gasteiger partial charge in [0.2, 0.25) is 5.91 Å². The molecule has 4 rings (SSSR count). The SMILES string of the molecule is O=C(NC(Cc1ccccc1)c1ccccc1)C1CCc2nccn2C1. The third-order valence-corrected chi connectivity index (χ3v) is 5.11. The molecule has 2 atom stereocenters. The van der Waals surface area contributed by atoms with Crippen LogP contribution in [0.3, 0.4) is 0 Å². The molecule has 1 aromatic heterocycles. The smallest absolute Gasteiger partial charge is 0.225 e. The average molecular weight is 345 g/mol. The van der Waals surface area contributed by atoms with Crippen molar-refractivity contribution < 1.29 is 4.79 Å². The van der Waals surface area contributed by atoms with Gasteiger partial charge in [-0.3, -0.25) is 4.79 Å². The number of nitrogens with zero attached hydrogens (tertiary/aromatic N) is 2. The fraction of sp³-hybridized carbons (Fsp3) is 0.273. The van der Waals surface area contributed by atoms with Crippen LogP contribution in [0.1, 0.15) is 29.4 Å². The van der Waals surface area contributed by atoms with Crippen molar-refractivity contribution in [1.82, 2.24) is 14.9 Å². The van der Waals surface area contributed by atoms with Gasteiger partial charge in [-0.15, -0.1) is 0 Å². The quantitative estimate of drug-likeness (QED) is 0.769. The van der Waals surface area contributed by atoms with Crippen molar-refractivity contribution in [2.45, 2.75) is 31.8 Å². The molecule has 2 heterocycles. The molecule has 0 aliphatic carbocycles. The Hall–Kier alpha value is -2.88. The van der Waals surface area contributed by atoms with Crippen molar-refractivity contribution in [3.63, 3.8) is 0 Å². The number of benzene rings is 2. The van der Waals surface area contributed by atoms with Crippen molar-refractivity contribution >= 4 is 5.91 Å². The van der Waals surface area contributed by atoms with Crippen LogP contribution in [0.15, 0.2) is 73.1 Å². The highest BCUT2D eigenvalue weighted by Gasteiger charge is 2.27. The Morgan fingerprint density at radius 2 is 1.85 bits per heavy atom. The Bertz CT molecular complexity index is 857. The van der Waals surface area contributed by atoms with E-state index in [-0.39, 0.29) is 17.9 Å². The van der Waals surface area contributed by atoms with E-state index in [1.54, 1.807) is 0 Å². The van der Waals surface area contributed by atoms with Gasteiger partial charge in [-0.2, -0.15) is 0 Å². The summed E-state index contributed by atoms with van der Waals surface area (Å²) >= 11 is 0. The van der Waals surface area contributed by atoms with E-state index in [2.05, 4.69) is 39.1 Å². The molecule has 132 valence electrons. The number of aryl methyl sites for hydroxylation is 1. The Labute approximate surface area is 153 Å². The minimum atomic E-state index is -0.0183. The van der Waals surface area contributed by atoms with Gasteiger partial charge in [-0.1, -0.05) is 60.7 Å². The summed E-state index contributed by atoms with van der Waals surface area (Å²) in [6.45, 7) is 0.716. The number of fused-ring (bicyclic) bond motifs is 1. The van der Waals surface area contributed by atoms with E-state index in [1.165, 1.54) is 5.56 Å². The second-order valence-electron chi connectivity index (χ2n) is 6.89. The molecule has 26 heavy (non-hydrogen) atoms. The fourth-order valence-electron chi connectivity index (χ4n) is 3.66. The summed E-state index contributed by atoms with van der Waals surface area (Å²) in [6, 6.07) is 20.5. The molecular weight excluding hydrogens is 322 g/mol. The lowest BCUT2D eigenvalue weighted by Gasteiger charge is -2.26. The summed E-state index contributed by atoms with van der Waals surface area (Å²) in [4.78, 5) is 17.3. The minimum Gasteiger partial charge on any atom is -0.349 e. The highest BCUT2D eigenvalue weighted by molar-refractivity contribution is 5.79. The van der Waals surface area contributed by atoms with E-state index >= 15 is 0 Å². The highest BCUT2D eigenvalue weighted by Crippen LogP contribution is 2.23. The van der Waals surface area contributed by atoms with Gasteiger partial charge in [-0.05, 0) is 24.0 Å². The minimum absolute atomic E-state index is 0.00122. The zero-order chi connectivity index (χ0) is 17.8. The highest BCUT2D eigenvalue weighted by atomic mass is 16.2. The first-order valence-corrected chi connectivity index (χ1v) is 9.19. The number of aromatic nitrogens is 2. The summed E-state index contributed by atoms with van der Waals surface area (Å²) < 4.78 is 2.10. The molecule has 4 nitrogen and oxygen atoms in total. The second-order valence-corrected chi connectivity index (χ2v) is 6.89. The number of rotatable bonds is 5. The van der Waals surface area contributed by atoms with E-state index in [1.807, 2.05) is 48.8 Å². The molecule has 2 unspecified atom stereocenters.